The fraction of sp³-hybridized carbons (Fsp3) is 0.600. The van der Waals surface area contributed by atoms with Gasteiger partial charge in [0.05, 0.1) is 0 Å². The SMILES string of the molecule is CSCC(CCO)NCC(C)(C)c1ccccc1. The highest BCUT2D eigenvalue weighted by molar-refractivity contribution is 7.98. The highest BCUT2D eigenvalue weighted by atomic mass is 32.2. The van der Waals surface area contributed by atoms with E-state index in [0.29, 0.717) is 6.04 Å². The van der Waals surface area contributed by atoms with Crippen LogP contribution in [-0.4, -0.2) is 36.3 Å². The molecule has 1 unspecified atom stereocenters. The van der Waals surface area contributed by atoms with Gasteiger partial charge in [0.25, 0.3) is 0 Å². The fourth-order valence-corrected chi connectivity index (χ4v) is 2.68. The zero-order chi connectivity index (χ0) is 13.4. The van der Waals surface area contributed by atoms with Gasteiger partial charge in [-0.1, -0.05) is 44.2 Å². The van der Waals surface area contributed by atoms with E-state index in [1.807, 2.05) is 11.8 Å². The van der Waals surface area contributed by atoms with Gasteiger partial charge in [0.1, 0.15) is 0 Å². The van der Waals surface area contributed by atoms with Crippen molar-refractivity contribution in [2.45, 2.75) is 31.7 Å². The number of thioether (sulfide) groups is 1. The average Bonchev–Trinajstić information content (AvgIpc) is 2.38. The Morgan fingerprint density at radius 1 is 1.28 bits per heavy atom. The summed E-state index contributed by atoms with van der Waals surface area (Å²) < 4.78 is 0. The molecule has 0 fully saturated rings. The van der Waals surface area contributed by atoms with Crippen molar-refractivity contribution in [3.8, 4) is 0 Å². The minimum Gasteiger partial charge on any atom is -0.396 e. The topological polar surface area (TPSA) is 32.3 Å². The van der Waals surface area contributed by atoms with Gasteiger partial charge in [-0.2, -0.15) is 11.8 Å². The third-order valence-corrected chi connectivity index (χ3v) is 3.97. The quantitative estimate of drug-likeness (QED) is 0.759. The molecule has 0 aliphatic carbocycles. The number of aliphatic hydroxyl groups excluding tert-OH is 1. The van der Waals surface area contributed by atoms with Gasteiger partial charge in [-0.05, 0) is 18.2 Å². The number of benzene rings is 1. The van der Waals surface area contributed by atoms with Gasteiger partial charge < -0.3 is 10.4 Å². The second-order valence-electron chi connectivity index (χ2n) is 5.30. The molecule has 0 heterocycles. The summed E-state index contributed by atoms with van der Waals surface area (Å²) in [6.45, 7) is 5.70. The molecule has 0 amide bonds. The normalized spacial score (nSPS) is 13.6. The van der Waals surface area contributed by atoms with Gasteiger partial charge in [0, 0.05) is 30.4 Å². The van der Waals surface area contributed by atoms with E-state index in [-0.39, 0.29) is 12.0 Å². The molecule has 0 aromatic heterocycles. The second kappa shape index (κ2) is 7.82. The van der Waals surface area contributed by atoms with E-state index >= 15 is 0 Å². The monoisotopic (exact) mass is 267 g/mol. The Morgan fingerprint density at radius 2 is 1.94 bits per heavy atom. The first-order valence-electron chi connectivity index (χ1n) is 6.49. The molecule has 18 heavy (non-hydrogen) atoms. The summed E-state index contributed by atoms with van der Waals surface area (Å²) in [6, 6.07) is 11.0. The number of rotatable bonds is 8. The maximum absolute atomic E-state index is 9.06. The van der Waals surface area contributed by atoms with Gasteiger partial charge in [-0.3, -0.25) is 0 Å². The molecule has 0 radical (unpaired) electrons. The lowest BCUT2D eigenvalue weighted by Gasteiger charge is -2.28. The van der Waals surface area contributed by atoms with E-state index in [1.165, 1.54) is 5.56 Å². The molecule has 1 aromatic carbocycles. The summed E-state index contributed by atoms with van der Waals surface area (Å²) in [5.74, 6) is 1.05. The standard InChI is InChI=1S/C15H25NOS/c1-15(2,13-7-5-4-6-8-13)12-16-14(9-10-17)11-18-3/h4-8,14,16-17H,9-12H2,1-3H3. The van der Waals surface area contributed by atoms with Crippen LogP contribution in [0.2, 0.25) is 0 Å². The third kappa shape index (κ3) is 5.01. The Bertz CT molecular complexity index is 321. The number of aliphatic hydroxyl groups is 1. The van der Waals surface area contributed by atoms with Crippen molar-refractivity contribution in [1.82, 2.24) is 5.32 Å². The minimum absolute atomic E-state index is 0.118. The zero-order valence-corrected chi connectivity index (χ0v) is 12.5. The summed E-state index contributed by atoms with van der Waals surface area (Å²) in [7, 11) is 0. The summed E-state index contributed by atoms with van der Waals surface area (Å²) in [5.41, 5.74) is 1.47. The molecule has 0 spiro atoms. The lowest BCUT2D eigenvalue weighted by atomic mass is 9.84. The van der Waals surface area contributed by atoms with Crippen LogP contribution in [0.3, 0.4) is 0 Å². The molecule has 102 valence electrons. The van der Waals surface area contributed by atoms with Crippen LogP contribution in [-0.2, 0) is 5.41 Å². The minimum atomic E-state index is 0.118. The average molecular weight is 267 g/mol. The molecule has 0 bridgehead atoms. The fourth-order valence-electron chi connectivity index (χ4n) is 1.99. The van der Waals surface area contributed by atoms with E-state index in [0.717, 1.165) is 18.7 Å². The Hall–Kier alpha value is -0.510. The van der Waals surface area contributed by atoms with Crippen LogP contribution < -0.4 is 5.32 Å². The summed E-state index contributed by atoms with van der Waals surface area (Å²) in [5, 5.41) is 12.6. The Kier molecular flexibility index (Phi) is 6.76. The summed E-state index contributed by atoms with van der Waals surface area (Å²) >= 11 is 1.82. The maximum Gasteiger partial charge on any atom is 0.0446 e. The van der Waals surface area contributed by atoms with Crippen molar-refractivity contribution in [2.75, 3.05) is 25.2 Å². The molecular formula is C15H25NOS. The first-order chi connectivity index (χ1) is 8.60. The number of hydrogen-bond donors (Lipinski definition) is 2. The van der Waals surface area contributed by atoms with Crippen molar-refractivity contribution in [3.63, 3.8) is 0 Å². The van der Waals surface area contributed by atoms with Crippen LogP contribution >= 0.6 is 11.8 Å². The van der Waals surface area contributed by atoms with Gasteiger partial charge in [0.2, 0.25) is 0 Å². The molecule has 0 saturated heterocycles. The zero-order valence-electron chi connectivity index (χ0n) is 11.6. The Balaban J connectivity index is 2.54. The predicted molar refractivity (Wildman–Crippen MR) is 81.3 cm³/mol. The number of hydrogen-bond acceptors (Lipinski definition) is 3. The van der Waals surface area contributed by atoms with Crippen molar-refractivity contribution in [1.29, 1.82) is 0 Å². The van der Waals surface area contributed by atoms with E-state index in [2.05, 4.69) is 55.8 Å². The van der Waals surface area contributed by atoms with Crippen LogP contribution in [0, 0.1) is 0 Å². The van der Waals surface area contributed by atoms with Gasteiger partial charge in [-0.15, -0.1) is 0 Å². The molecule has 1 rings (SSSR count). The van der Waals surface area contributed by atoms with Crippen LogP contribution in [0.4, 0.5) is 0 Å². The molecule has 0 saturated carbocycles. The van der Waals surface area contributed by atoms with Crippen LogP contribution in [0.5, 0.6) is 0 Å². The maximum atomic E-state index is 9.06. The molecule has 3 heteroatoms. The molecule has 0 aliphatic rings. The lowest BCUT2D eigenvalue weighted by molar-refractivity contribution is 0.266. The summed E-state index contributed by atoms with van der Waals surface area (Å²) in [4.78, 5) is 0. The van der Waals surface area contributed by atoms with Gasteiger partial charge >= 0.3 is 0 Å². The lowest BCUT2D eigenvalue weighted by Crippen LogP contribution is -2.41. The molecule has 1 aromatic rings. The van der Waals surface area contributed by atoms with Crippen molar-refractivity contribution in [2.24, 2.45) is 0 Å². The second-order valence-corrected chi connectivity index (χ2v) is 6.21. The van der Waals surface area contributed by atoms with Crippen molar-refractivity contribution >= 4 is 11.8 Å². The molecule has 2 N–H and O–H groups in total. The third-order valence-electron chi connectivity index (χ3n) is 3.23. The predicted octanol–water partition coefficient (Wildman–Crippen LogP) is 2.67. The highest BCUT2D eigenvalue weighted by Gasteiger charge is 2.21. The van der Waals surface area contributed by atoms with Crippen LogP contribution in [0.25, 0.3) is 0 Å². The van der Waals surface area contributed by atoms with Crippen molar-refractivity contribution in [3.05, 3.63) is 35.9 Å². The molecule has 0 aliphatic heterocycles. The largest absolute Gasteiger partial charge is 0.396 e. The number of nitrogens with one attached hydrogen (secondary N) is 1. The highest BCUT2D eigenvalue weighted by Crippen LogP contribution is 2.22. The molecular weight excluding hydrogens is 242 g/mol. The summed E-state index contributed by atoms with van der Waals surface area (Å²) in [6.07, 6.45) is 2.93. The van der Waals surface area contributed by atoms with Crippen molar-refractivity contribution < 1.29 is 5.11 Å². The van der Waals surface area contributed by atoms with Gasteiger partial charge in [-0.25, -0.2) is 0 Å². The van der Waals surface area contributed by atoms with E-state index in [4.69, 9.17) is 5.11 Å². The smallest absolute Gasteiger partial charge is 0.0446 e. The van der Waals surface area contributed by atoms with Crippen LogP contribution in [0.15, 0.2) is 30.3 Å². The van der Waals surface area contributed by atoms with E-state index < -0.39 is 0 Å². The molecule has 1 atom stereocenters. The van der Waals surface area contributed by atoms with Gasteiger partial charge in [0.15, 0.2) is 0 Å². The first-order valence-corrected chi connectivity index (χ1v) is 7.88. The van der Waals surface area contributed by atoms with Crippen LogP contribution in [0.1, 0.15) is 25.8 Å². The van der Waals surface area contributed by atoms with E-state index in [1.54, 1.807) is 0 Å². The Labute approximate surface area is 115 Å². The first kappa shape index (κ1) is 15.5. The Morgan fingerprint density at radius 3 is 2.50 bits per heavy atom. The van der Waals surface area contributed by atoms with E-state index in [9.17, 15) is 0 Å². The molecule has 2 nitrogen and oxygen atoms in total.